The van der Waals surface area contributed by atoms with Crippen LogP contribution in [0.15, 0.2) is 48.9 Å². The van der Waals surface area contributed by atoms with Crippen LogP contribution in [0.4, 0.5) is 10.5 Å². The quantitative estimate of drug-likeness (QED) is 0.621. The fraction of sp³-hybridized carbons (Fsp3) is 0.478. The van der Waals surface area contributed by atoms with Gasteiger partial charge in [-0.2, -0.15) is 0 Å². The summed E-state index contributed by atoms with van der Waals surface area (Å²) in [5.41, 5.74) is 1.41. The molecule has 2 aliphatic heterocycles. The van der Waals surface area contributed by atoms with Crippen LogP contribution < -0.4 is 10.6 Å². The highest BCUT2D eigenvalue weighted by Crippen LogP contribution is 2.28. The van der Waals surface area contributed by atoms with E-state index in [1.807, 2.05) is 30.3 Å². The Labute approximate surface area is 192 Å². The summed E-state index contributed by atoms with van der Waals surface area (Å²) >= 11 is 0. The van der Waals surface area contributed by atoms with Gasteiger partial charge in [-0.15, -0.1) is 0 Å². The number of rotatable bonds is 5. The molecule has 4 atom stereocenters. The molecule has 0 radical (unpaired) electrons. The molecule has 0 bridgehead atoms. The number of para-hydroxylation sites is 1. The lowest BCUT2D eigenvalue weighted by molar-refractivity contribution is -0.149. The van der Waals surface area contributed by atoms with Gasteiger partial charge in [0.1, 0.15) is 12.4 Å². The second kappa shape index (κ2) is 11.2. The summed E-state index contributed by atoms with van der Waals surface area (Å²) < 4.78 is 11.8. The fourth-order valence-electron chi connectivity index (χ4n) is 4.18. The number of aliphatic hydroxyl groups excluding tert-OH is 1. The van der Waals surface area contributed by atoms with E-state index >= 15 is 0 Å². The van der Waals surface area contributed by atoms with Crippen molar-refractivity contribution in [2.24, 2.45) is 0 Å². The monoisotopic (exact) mass is 455 g/mol. The van der Waals surface area contributed by atoms with Crippen LogP contribution in [0.2, 0.25) is 0 Å². The standard InChI is InChI=1S/C23H29N5O5/c29-18-12-28(23(31)27-16-4-2-1-3-5-16)20-7-6-19(33-21(20)14-32-13-18)10-22(30)25-11-17-8-9-24-15-26-17/h1-5,8-9,15,18-21,29H,6-7,10-14H2,(H,25,30)(H,27,31)/t18-,19+,20+,21-/m1/s1. The number of carbonyl (C=O) groups is 2. The number of ether oxygens (including phenoxy) is 2. The van der Waals surface area contributed by atoms with Crippen LogP contribution in [0.3, 0.4) is 0 Å². The summed E-state index contributed by atoms with van der Waals surface area (Å²) in [5.74, 6) is -0.127. The molecular weight excluding hydrogens is 426 g/mol. The van der Waals surface area contributed by atoms with Crippen molar-refractivity contribution < 1.29 is 24.2 Å². The summed E-state index contributed by atoms with van der Waals surface area (Å²) in [6.07, 6.45) is 3.11. The lowest BCUT2D eigenvalue weighted by atomic mass is 9.95. The van der Waals surface area contributed by atoms with Crippen molar-refractivity contribution in [1.29, 1.82) is 0 Å². The molecule has 2 aliphatic rings. The second-order valence-corrected chi connectivity index (χ2v) is 8.26. The van der Waals surface area contributed by atoms with Gasteiger partial charge in [0.2, 0.25) is 5.91 Å². The van der Waals surface area contributed by atoms with Crippen molar-refractivity contribution in [3.8, 4) is 0 Å². The molecule has 3 N–H and O–H groups in total. The van der Waals surface area contributed by atoms with E-state index in [9.17, 15) is 14.7 Å². The maximum Gasteiger partial charge on any atom is 0.322 e. The molecule has 33 heavy (non-hydrogen) atoms. The molecule has 4 rings (SSSR count). The summed E-state index contributed by atoms with van der Waals surface area (Å²) in [7, 11) is 0. The Morgan fingerprint density at radius 2 is 2.00 bits per heavy atom. The van der Waals surface area contributed by atoms with E-state index in [0.717, 1.165) is 5.69 Å². The zero-order valence-electron chi connectivity index (χ0n) is 18.3. The number of amides is 3. The molecule has 10 heteroatoms. The van der Waals surface area contributed by atoms with Gasteiger partial charge in [0.05, 0.1) is 56.7 Å². The zero-order chi connectivity index (χ0) is 23.0. The number of nitrogens with zero attached hydrogens (tertiary/aromatic N) is 3. The van der Waals surface area contributed by atoms with Crippen LogP contribution in [0.1, 0.15) is 25.0 Å². The van der Waals surface area contributed by atoms with Crippen molar-refractivity contribution in [1.82, 2.24) is 20.2 Å². The first kappa shape index (κ1) is 23.1. The van der Waals surface area contributed by atoms with Crippen LogP contribution in [0, 0.1) is 0 Å². The minimum atomic E-state index is -0.780. The Balaban J connectivity index is 1.35. The molecule has 2 aromatic rings. The topological polar surface area (TPSA) is 126 Å². The van der Waals surface area contributed by atoms with Gasteiger partial charge in [-0.1, -0.05) is 18.2 Å². The molecule has 10 nitrogen and oxygen atoms in total. The first-order valence-corrected chi connectivity index (χ1v) is 11.1. The molecule has 3 heterocycles. The van der Waals surface area contributed by atoms with Crippen LogP contribution in [-0.2, 0) is 20.8 Å². The lowest BCUT2D eigenvalue weighted by Gasteiger charge is -2.44. The van der Waals surface area contributed by atoms with Gasteiger partial charge >= 0.3 is 6.03 Å². The minimum Gasteiger partial charge on any atom is -0.389 e. The average Bonchev–Trinajstić information content (AvgIpc) is 2.82. The Bertz CT molecular complexity index is 916. The number of aliphatic hydroxyl groups is 1. The van der Waals surface area contributed by atoms with Gasteiger partial charge in [0.15, 0.2) is 0 Å². The van der Waals surface area contributed by atoms with E-state index in [2.05, 4.69) is 20.6 Å². The van der Waals surface area contributed by atoms with Crippen molar-refractivity contribution in [3.63, 3.8) is 0 Å². The summed E-state index contributed by atoms with van der Waals surface area (Å²) in [4.78, 5) is 35.0. The van der Waals surface area contributed by atoms with Gasteiger partial charge in [0, 0.05) is 11.9 Å². The first-order chi connectivity index (χ1) is 16.1. The third-order valence-corrected chi connectivity index (χ3v) is 5.79. The predicted molar refractivity (Wildman–Crippen MR) is 119 cm³/mol. The molecule has 1 aromatic carbocycles. The number of carbonyl (C=O) groups excluding carboxylic acids is 2. The largest absolute Gasteiger partial charge is 0.389 e. The maximum atomic E-state index is 13.0. The van der Waals surface area contributed by atoms with E-state index in [4.69, 9.17) is 9.47 Å². The summed E-state index contributed by atoms with van der Waals surface area (Å²) in [5, 5.41) is 16.0. The molecule has 0 aliphatic carbocycles. The van der Waals surface area contributed by atoms with Crippen molar-refractivity contribution in [2.75, 3.05) is 25.1 Å². The lowest BCUT2D eigenvalue weighted by Crippen LogP contribution is -2.58. The molecule has 0 saturated carbocycles. The molecule has 2 saturated heterocycles. The SMILES string of the molecule is O=C(C[C@@H]1CC[C@H]2[C@@H](COC[C@H](O)CN2C(=O)Nc2ccccc2)O1)NCc1ccncn1. The average molecular weight is 456 g/mol. The predicted octanol–water partition coefficient (Wildman–Crippen LogP) is 1.32. The van der Waals surface area contributed by atoms with Crippen molar-refractivity contribution in [2.45, 2.75) is 50.2 Å². The molecule has 176 valence electrons. The van der Waals surface area contributed by atoms with Crippen LogP contribution in [-0.4, -0.2) is 76.0 Å². The smallest absolute Gasteiger partial charge is 0.322 e. The molecule has 0 spiro atoms. The van der Waals surface area contributed by atoms with Gasteiger partial charge in [-0.25, -0.2) is 14.8 Å². The highest BCUT2D eigenvalue weighted by Gasteiger charge is 2.40. The van der Waals surface area contributed by atoms with Gasteiger partial charge in [0.25, 0.3) is 0 Å². The van der Waals surface area contributed by atoms with E-state index in [-0.39, 0.29) is 56.4 Å². The third-order valence-electron chi connectivity index (χ3n) is 5.79. The number of hydrogen-bond acceptors (Lipinski definition) is 7. The molecule has 3 amide bonds. The number of urea groups is 1. The number of aromatic nitrogens is 2. The van der Waals surface area contributed by atoms with Crippen molar-refractivity contribution in [3.05, 3.63) is 54.6 Å². The highest BCUT2D eigenvalue weighted by molar-refractivity contribution is 5.89. The van der Waals surface area contributed by atoms with Gasteiger partial charge < -0.3 is 30.1 Å². The highest BCUT2D eigenvalue weighted by atomic mass is 16.5. The fourth-order valence-corrected chi connectivity index (χ4v) is 4.18. The second-order valence-electron chi connectivity index (χ2n) is 8.26. The summed E-state index contributed by atoms with van der Waals surface area (Å²) in [6, 6.07) is 10.4. The van der Waals surface area contributed by atoms with Crippen LogP contribution in [0.25, 0.3) is 0 Å². The molecule has 2 fully saturated rings. The van der Waals surface area contributed by atoms with E-state index in [1.165, 1.54) is 6.33 Å². The first-order valence-electron chi connectivity index (χ1n) is 11.1. The Hall–Kier alpha value is -3.08. The number of nitrogens with one attached hydrogen (secondary N) is 2. The third kappa shape index (κ3) is 6.47. The Morgan fingerprint density at radius 1 is 1.15 bits per heavy atom. The summed E-state index contributed by atoms with van der Waals surface area (Å²) in [6.45, 7) is 0.837. The zero-order valence-corrected chi connectivity index (χ0v) is 18.3. The van der Waals surface area contributed by atoms with Gasteiger partial charge in [-0.05, 0) is 31.0 Å². The Kier molecular flexibility index (Phi) is 7.82. The molecular formula is C23H29N5O5. The van der Waals surface area contributed by atoms with Crippen LogP contribution >= 0.6 is 0 Å². The van der Waals surface area contributed by atoms with Crippen molar-refractivity contribution >= 4 is 17.6 Å². The molecule has 1 aromatic heterocycles. The number of hydrogen-bond donors (Lipinski definition) is 3. The van der Waals surface area contributed by atoms with E-state index < -0.39 is 6.10 Å². The number of benzene rings is 1. The van der Waals surface area contributed by atoms with E-state index in [0.29, 0.717) is 25.1 Å². The Morgan fingerprint density at radius 3 is 2.79 bits per heavy atom. The number of β-amino-alcohol motifs (C(OH)–C–C–N with tert-alkyl or cyclic N) is 1. The van der Waals surface area contributed by atoms with E-state index in [1.54, 1.807) is 17.2 Å². The normalized spacial score (nSPS) is 25.3. The maximum absolute atomic E-state index is 13.0. The van der Waals surface area contributed by atoms with Crippen LogP contribution in [0.5, 0.6) is 0 Å². The number of fused-ring (bicyclic) bond motifs is 1. The van der Waals surface area contributed by atoms with Gasteiger partial charge in [-0.3, -0.25) is 4.79 Å². The minimum absolute atomic E-state index is 0.117. The molecule has 0 unspecified atom stereocenters. The number of anilines is 1.